The van der Waals surface area contributed by atoms with Crippen molar-refractivity contribution in [1.29, 1.82) is 0 Å². The maximum atomic E-state index is 12.1. The van der Waals surface area contributed by atoms with Crippen molar-refractivity contribution in [3.8, 4) is 0 Å². The van der Waals surface area contributed by atoms with Crippen LogP contribution in [0.4, 0.5) is 0 Å². The van der Waals surface area contributed by atoms with Gasteiger partial charge in [0, 0.05) is 27.8 Å². The van der Waals surface area contributed by atoms with Crippen molar-refractivity contribution in [2.24, 2.45) is 0 Å². The Hall–Kier alpha value is 0.110. The normalized spacial score (nSPS) is 21.9. The third-order valence-electron chi connectivity index (χ3n) is 3.42. The Morgan fingerprint density at radius 3 is 2.62 bits per heavy atom. The molecule has 0 spiro atoms. The molecule has 2 atom stereocenters. The van der Waals surface area contributed by atoms with Crippen LogP contribution in [0.25, 0.3) is 0 Å². The first kappa shape index (κ1) is 14.2. The van der Waals surface area contributed by atoms with Crippen LogP contribution in [-0.4, -0.2) is 27.8 Å². The summed E-state index contributed by atoms with van der Waals surface area (Å²) in [5.74, 6) is 0.891. The molecule has 0 amide bonds. The zero-order chi connectivity index (χ0) is 11.8. The molecule has 0 radical (unpaired) electrons. The van der Waals surface area contributed by atoms with E-state index in [4.69, 9.17) is 0 Å². The van der Waals surface area contributed by atoms with E-state index in [9.17, 15) is 4.21 Å². The van der Waals surface area contributed by atoms with E-state index >= 15 is 0 Å². The van der Waals surface area contributed by atoms with Crippen molar-refractivity contribution in [3.63, 3.8) is 0 Å². The smallest absolute Gasteiger partial charge is 0.0348 e. The summed E-state index contributed by atoms with van der Waals surface area (Å²) >= 11 is 0. The van der Waals surface area contributed by atoms with Crippen molar-refractivity contribution >= 4 is 10.8 Å². The second-order valence-electron chi connectivity index (χ2n) is 4.99. The lowest BCUT2D eigenvalue weighted by Crippen LogP contribution is -2.30. The first-order valence-electron chi connectivity index (χ1n) is 6.84. The van der Waals surface area contributed by atoms with Crippen LogP contribution in [0.2, 0.25) is 0 Å². The van der Waals surface area contributed by atoms with E-state index in [0.717, 1.165) is 18.7 Å². The van der Waals surface area contributed by atoms with Gasteiger partial charge in [0.25, 0.3) is 0 Å². The fraction of sp³-hybridized carbons (Fsp3) is 1.00. The van der Waals surface area contributed by atoms with E-state index in [1.807, 2.05) is 0 Å². The lowest BCUT2D eigenvalue weighted by Gasteiger charge is -2.21. The third-order valence-corrected chi connectivity index (χ3v) is 5.27. The maximum absolute atomic E-state index is 12.1. The lowest BCUT2D eigenvalue weighted by molar-refractivity contribution is 0.499. The Kier molecular flexibility index (Phi) is 7.30. The van der Waals surface area contributed by atoms with Crippen molar-refractivity contribution in [1.82, 2.24) is 5.32 Å². The molecule has 1 N–H and O–H groups in total. The van der Waals surface area contributed by atoms with Gasteiger partial charge in [0.2, 0.25) is 0 Å². The summed E-state index contributed by atoms with van der Waals surface area (Å²) in [7, 11) is -0.573. The minimum Gasteiger partial charge on any atom is -0.314 e. The maximum Gasteiger partial charge on any atom is 0.0348 e. The summed E-state index contributed by atoms with van der Waals surface area (Å²) in [6.07, 6.45) is 8.56. The molecule has 1 saturated carbocycles. The van der Waals surface area contributed by atoms with Crippen LogP contribution < -0.4 is 5.32 Å². The molecule has 1 aliphatic rings. The fourth-order valence-electron chi connectivity index (χ4n) is 2.28. The Bertz CT molecular complexity index is 202. The topological polar surface area (TPSA) is 29.1 Å². The second-order valence-corrected chi connectivity index (χ2v) is 6.83. The average Bonchev–Trinajstić information content (AvgIpc) is 2.34. The zero-order valence-electron chi connectivity index (χ0n) is 10.8. The third kappa shape index (κ3) is 5.44. The van der Waals surface area contributed by atoms with E-state index in [1.165, 1.54) is 38.5 Å². The van der Waals surface area contributed by atoms with Gasteiger partial charge >= 0.3 is 0 Å². The zero-order valence-corrected chi connectivity index (χ0v) is 11.7. The molecule has 0 aliphatic heterocycles. The highest BCUT2D eigenvalue weighted by molar-refractivity contribution is 7.85. The molecule has 2 unspecified atom stereocenters. The van der Waals surface area contributed by atoms with Gasteiger partial charge in [-0.2, -0.15) is 0 Å². The summed E-state index contributed by atoms with van der Waals surface area (Å²) in [6, 6.07) is 0.521. The second kappa shape index (κ2) is 8.24. The van der Waals surface area contributed by atoms with Crippen LogP contribution >= 0.6 is 0 Å². The average molecular weight is 245 g/mol. The van der Waals surface area contributed by atoms with Crippen molar-refractivity contribution in [2.75, 3.05) is 12.3 Å². The first-order chi connectivity index (χ1) is 7.74. The number of hydrogen-bond donors (Lipinski definition) is 1. The van der Waals surface area contributed by atoms with Gasteiger partial charge in [0.15, 0.2) is 0 Å². The molecule has 1 fully saturated rings. The molecule has 96 valence electrons. The highest BCUT2D eigenvalue weighted by Gasteiger charge is 2.19. The van der Waals surface area contributed by atoms with Gasteiger partial charge in [-0.15, -0.1) is 0 Å². The van der Waals surface area contributed by atoms with E-state index in [0.29, 0.717) is 11.3 Å². The molecular formula is C13H27NOS. The van der Waals surface area contributed by atoms with Crippen LogP contribution in [0.5, 0.6) is 0 Å². The molecule has 16 heavy (non-hydrogen) atoms. The van der Waals surface area contributed by atoms with Gasteiger partial charge in [-0.25, -0.2) is 0 Å². The summed E-state index contributed by atoms with van der Waals surface area (Å²) in [5, 5.41) is 3.96. The predicted octanol–water partition coefficient (Wildman–Crippen LogP) is 2.85. The van der Waals surface area contributed by atoms with E-state index in [-0.39, 0.29) is 0 Å². The van der Waals surface area contributed by atoms with Crippen LogP contribution in [0, 0.1) is 0 Å². The van der Waals surface area contributed by atoms with Crippen molar-refractivity contribution in [3.05, 3.63) is 0 Å². The molecule has 2 nitrogen and oxygen atoms in total. The van der Waals surface area contributed by atoms with Crippen LogP contribution in [0.3, 0.4) is 0 Å². The highest BCUT2D eigenvalue weighted by Crippen LogP contribution is 2.22. The molecule has 0 saturated heterocycles. The Morgan fingerprint density at radius 2 is 2.00 bits per heavy atom. The molecule has 1 rings (SSSR count). The summed E-state index contributed by atoms with van der Waals surface area (Å²) < 4.78 is 12.1. The van der Waals surface area contributed by atoms with Gasteiger partial charge in [-0.1, -0.05) is 26.2 Å². The van der Waals surface area contributed by atoms with Gasteiger partial charge in [0.1, 0.15) is 0 Å². The van der Waals surface area contributed by atoms with E-state index < -0.39 is 10.8 Å². The Morgan fingerprint density at radius 1 is 1.31 bits per heavy atom. The summed E-state index contributed by atoms with van der Waals surface area (Å²) in [5.41, 5.74) is 0. The molecule has 0 bridgehead atoms. The largest absolute Gasteiger partial charge is 0.314 e. The molecule has 0 aromatic carbocycles. The molecule has 0 heterocycles. The van der Waals surface area contributed by atoms with Gasteiger partial charge in [-0.05, 0) is 39.2 Å². The first-order valence-corrected chi connectivity index (χ1v) is 8.22. The van der Waals surface area contributed by atoms with Crippen molar-refractivity contribution in [2.45, 2.75) is 70.1 Å². The SMILES string of the molecule is CCCNC(C)CCS(=O)C1CCCCC1. The van der Waals surface area contributed by atoms with E-state index in [2.05, 4.69) is 19.2 Å². The molecule has 3 heteroatoms. The number of hydrogen-bond acceptors (Lipinski definition) is 2. The summed E-state index contributed by atoms with van der Waals surface area (Å²) in [6.45, 7) is 5.46. The van der Waals surface area contributed by atoms with Crippen LogP contribution in [0.15, 0.2) is 0 Å². The molecule has 1 aliphatic carbocycles. The Balaban J connectivity index is 2.13. The van der Waals surface area contributed by atoms with Crippen LogP contribution in [0.1, 0.15) is 58.8 Å². The standard InChI is InChI=1S/C13H27NOS/c1-3-10-14-12(2)9-11-16(15)13-7-5-4-6-8-13/h12-14H,3-11H2,1-2H3. The van der Waals surface area contributed by atoms with Gasteiger partial charge < -0.3 is 5.32 Å². The van der Waals surface area contributed by atoms with E-state index in [1.54, 1.807) is 0 Å². The van der Waals surface area contributed by atoms with Crippen LogP contribution in [-0.2, 0) is 10.8 Å². The minimum atomic E-state index is -0.573. The highest BCUT2D eigenvalue weighted by atomic mass is 32.2. The number of nitrogens with one attached hydrogen (secondary N) is 1. The van der Waals surface area contributed by atoms with Gasteiger partial charge in [-0.3, -0.25) is 4.21 Å². The lowest BCUT2D eigenvalue weighted by atomic mass is 10.0. The molecule has 0 aromatic rings. The molecular weight excluding hydrogens is 218 g/mol. The number of rotatable bonds is 7. The van der Waals surface area contributed by atoms with Crippen molar-refractivity contribution < 1.29 is 4.21 Å². The minimum absolute atomic E-state index is 0.507. The Labute approximate surface area is 103 Å². The molecule has 0 aromatic heterocycles. The predicted molar refractivity (Wildman–Crippen MR) is 72.3 cm³/mol. The quantitative estimate of drug-likeness (QED) is 0.747. The summed E-state index contributed by atoms with van der Waals surface area (Å²) in [4.78, 5) is 0. The monoisotopic (exact) mass is 245 g/mol. The fourth-order valence-corrected chi connectivity index (χ4v) is 4.06. The van der Waals surface area contributed by atoms with Gasteiger partial charge in [0.05, 0.1) is 0 Å².